The maximum absolute atomic E-state index is 13.9. The predicted molar refractivity (Wildman–Crippen MR) is 108 cm³/mol. The molecule has 2 aromatic heterocycles. The molecule has 29 heavy (non-hydrogen) atoms. The molecule has 1 saturated heterocycles. The van der Waals surface area contributed by atoms with Crippen molar-refractivity contribution >= 4 is 28.6 Å². The molecule has 0 saturated carbocycles. The number of imidazole rings is 1. The van der Waals surface area contributed by atoms with Crippen LogP contribution in [0.15, 0.2) is 29.4 Å². The third kappa shape index (κ3) is 3.86. The number of rotatable bonds is 6. The Bertz CT molecular complexity index is 1010. The number of anilines is 1. The fourth-order valence-corrected chi connectivity index (χ4v) is 3.68. The highest BCUT2D eigenvalue weighted by Gasteiger charge is 2.24. The van der Waals surface area contributed by atoms with E-state index in [-0.39, 0.29) is 5.82 Å². The van der Waals surface area contributed by atoms with Gasteiger partial charge in [-0.2, -0.15) is 0 Å². The lowest BCUT2D eigenvalue weighted by atomic mass is 10.3. The minimum Gasteiger partial charge on any atom is -0.492 e. The second kappa shape index (κ2) is 8.50. The number of benzene rings is 1. The van der Waals surface area contributed by atoms with E-state index < -0.39 is 6.43 Å². The average molecular weight is 421 g/mol. The first-order valence-electron chi connectivity index (χ1n) is 9.30. The van der Waals surface area contributed by atoms with Gasteiger partial charge in [-0.05, 0) is 25.3 Å². The van der Waals surface area contributed by atoms with Crippen molar-refractivity contribution in [1.29, 1.82) is 0 Å². The Morgan fingerprint density at radius 3 is 2.62 bits per heavy atom. The van der Waals surface area contributed by atoms with E-state index >= 15 is 0 Å². The Morgan fingerprint density at radius 1 is 1.17 bits per heavy atom. The number of fused-ring (bicyclic) bond motifs is 1. The summed E-state index contributed by atoms with van der Waals surface area (Å²) in [6.07, 6.45) is -0.911. The number of morpholine rings is 1. The summed E-state index contributed by atoms with van der Waals surface area (Å²) >= 11 is 1.36. The first kappa shape index (κ1) is 19.8. The standard InChI is InChI=1S/C19H21F2N5O2S/c1-3-28-13-6-4-5-12-16(13)24-18(17(20)21)26(12)15-11-14(22-19(23-15)29-2)25-7-9-27-10-8-25/h4-6,11,17H,3,7-10H2,1-2H3. The van der Waals surface area contributed by atoms with Crippen molar-refractivity contribution in [3.63, 3.8) is 0 Å². The van der Waals surface area contributed by atoms with Gasteiger partial charge >= 0.3 is 0 Å². The van der Waals surface area contributed by atoms with E-state index in [1.807, 2.05) is 13.2 Å². The summed E-state index contributed by atoms with van der Waals surface area (Å²) in [5, 5.41) is 0.507. The van der Waals surface area contributed by atoms with Crippen molar-refractivity contribution < 1.29 is 18.3 Å². The molecule has 0 bridgehead atoms. The maximum atomic E-state index is 13.9. The number of nitrogens with zero attached hydrogens (tertiary/aromatic N) is 5. The topological polar surface area (TPSA) is 65.3 Å². The highest BCUT2D eigenvalue weighted by atomic mass is 32.2. The lowest BCUT2D eigenvalue weighted by Crippen LogP contribution is -2.37. The molecule has 1 aromatic carbocycles. The summed E-state index contributed by atoms with van der Waals surface area (Å²) in [7, 11) is 0. The summed E-state index contributed by atoms with van der Waals surface area (Å²) < 4.78 is 40.2. The fraction of sp³-hybridized carbons (Fsp3) is 0.421. The van der Waals surface area contributed by atoms with Crippen LogP contribution in [-0.4, -0.2) is 58.7 Å². The van der Waals surface area contributed by atoms with Gasteiger partial charge in [0.15, 0.2) is 11.0 Å². The van der Waals surface area contributed by atoms with Crippen LogP contribution in [0.2, 0.25) is 0 Å². The average Bonchev–Trinajstić information content (AvgIpc) is 3.15. The van der Waals surface area contributed by atoms with Gasteiger partial charge in [0.25, 0.3) is 6.43 Å². The SMILES string of the molecule is CCOc1cccc2c1nc(C(F)F)n2-c1cc(N2CCOCC2)nc(SC)n1. The van der Waals surface area contributed by atoms with E-state index in [4.69, 9.17) is 9.47 Å². The second-order valence-electron chi connectivity index (χ2n) is 6.33. The minimum absolute atomic E-state index is 0.359. The van der Waals surface area contributed by atoms with Gasteiger partial charge in [-0.1, -0.05) is 17.8 Å². The number of hydrogen-bond acceptors (Lipinski definition) is 7. The summed E-state index contributed by atoms with van der Waals surface area (Å²) in [6, 6.07) is 6.96. The summed E-state index contributed by atoms with van der Waals surface area (Å²) in [5.74, 6) is 1.15. The second-order valence-corrected chi connectivity index (χ2v) is 7.11. The number of thioether (sulfide) groups is 1. The van der Waals surface area contributed by atoms with Crippen LogP contribution in [0, 0.1) is 0 Å². The van der Waals surface area contributed by atoms with Crippen molar-refractivity contribution in [2.45, 2.75) is 18.5 Å². The van der Waals surface area contributed by atoms with Crippen LogP contribution < -0.4 is 9.64 Å². The normalized spacial score (nSPS) is 14.7. The summed E-state index contributed by atoms with van der Waals surface area (Å²) in [4.78, 5) is 15.3. The summed E-state index contributed by atoms with van der Waals surface area (Å²) in [6.45, 7) is 4.83. The Morgan fingerprint density at radius 2 is 1.93 bits per heavy atom. The Kier molecular flexibility index (Phi) is 5.81. The molecule has 0 unspecified atom stereocenters. The quantitative estimate of drug-likeness (QED) is 0.444. The smallest absolute Gasteiger partial charge is 0.296 e. The lowest BCUT2D eigenvalue weighted by Gasteiger charge is -2.28. The molecule has 1 aliphatic rings. The van der Waals surface area contributed by atoms with Gasteiger partial charge in [0.2, 0.25) is 0 Å². The van der Waals surface area contributed by atoms with Crippen LogP contribution in [0.4, 0.5) is 14.6 Å². The van der Waals surface area contributed by atoms with E-state index in [0.29, 0.717) is 66.5 Å². The van der Waals surface area contributed by atoms with Gasteiger partial charge in [-0.25, -0.2) is 23.7 Å². The van der Waals surface area contributed by atoms with Gasteiger partial charge in [0.05, 0.1) is 25.3 Å². The monoisotopic (exact) mass is 421 g/mol. The van der Waals surface area contributed by atoms with Gasteiger partial charge in [0.1, 0.15) is 22.9 Å². The summed E-state index contributed by atoms with van der Waals surface area (Å²) in [5.41, 5.74) is 0.909. The van der Waals surface area contributed by atoms with Crippen LogP contribution in [0.5, 0.6) is 5.75 Å². The number of aromatic nitrogens is 4. The van der Waals surface area contributed by atoms with Crippen LogP contribution >= 0.6 is 11.8 Å². The molecule has 0 N–H and O–H groups in total. The van der Waals surface area contributed by atoms with Crippen molar-refractivity contribution in [3.05, 3.63) is 30.1 Å². The number of halogens is 2. The molecular weight excluding hydrogens is 400 g/mol. The molecule has 0 spiro atoms. The molecule has 3 heterocycles. The number of para-hydroxylation sites is 1. The third-order valence-electron chi connectivity index (χ3n) is 4.59. The molecule has 0 aliphatic carbocycles. The Hall–Kier alpha value is -2.46. The zero-order valence-corrected chi connectivity index (χ0v) is 17.0. The molecule has 0 atom stereocenters. The van der Waals surface area contributed by atoms with Crippen molar-refractivity contribution in [3.8, 4) is 11.6 Å². The van der Waals surface area contributed by atoms with E-state index in [1.165, 1.54) is 16.3 Å². The van der Waals surface area contributed by atoms with E-state index in [2.05, 4.69) is 19.9 Å². The van der Waals surface area contributed by atoms with Gasteiger partial charge in [-0.3, -0.25) is 4.57 Å². The zero-order chi connectivity index (χ0) is 20.4. The van der Waals surface area contributed by atoms with Crippen LogP contribution in [0.1, 0.15) is 19.2 Å². The van der Waals surface area contributed by atoms with Crippen molar-refractivity contribution in [2.75, 3.05) is 44.1 Å². The molecule has 4 rings (SSSR count). The van der Waals surface area contributed by atoms with Gasteiger partial charge in [0, 0.05) is 19.2 Å². The zero-order valence-electron chi connectivity index (χ0n) is 16.1. The predicted octanol–water partition coefficient (Wildman–Crippen LogP) is 3.71. The van der Waals surface area contributed by atoms with Crippen LogP contribution in [0.25, 0.3) is 16.9 Å². The Labute approximate surface area is 171 Å². The number of ether oxygens (including phenoxy) is 2. The number of hydrogen-bond donors (Lipinski definition) is 0. The molecule has 7 nitrogen and oxygen atoms in total. The van der Waals surface area contributed by atoms with E-state index in [1.54, 1.807) is 24.3 Å². The number of alkyl halides is 2. The van der Waals surface area contributed by atoms with Crippen LogP contribution in [-0.2, 0) is 4.74 Å². The van der Waals surface area contributed by atoms with Crippen molar-refractivity contribution in [1.82, 2.24) is 19.5 Å². The molecule has 10 heteroatoms. The van der Waals surface area contributed by atoms with Crippen LogP contribution in [0.3, 0.4) is 0 Å². The first-order valence-corrected chi connectivity index (χ1v) is 10.5. The lowest BCUT2D eigenvalue weighted by molar-refractivity contribution is 0.122. The molecule has 3 aromatic rings. The molecule has 0 amide bonds. The molecule has 1 aliphatic heterocycles. The molecule has 1 fully saturated rings. The first-order chi connectivity index (χ1) is 14.1. The molecule has 0 radical (unpaired) electrons. The van der Waals surface area contributed by atoms with Crippen molar-refractivity contribution in [2.24, 2.45) is 0 Å². The van der Waals surface area contributed by atoms with Gasteiger partial charge < -0.3 is 14.4 Å². The molecular formula is C19H21F2N5O2S. The van der Waals surface area contributed by atoms with E-state index in [9.17, 15) is 8.78 Å². The third-order valence-corrected chi connectivity index (χ3v) is 5.14. The Balaban J connectivity index is 1.91. The largest absolute Gasteiger partial charge is 0.492 e. The minimum atomic E-state index is -2.77. The maximum Gasteiger partial charge on any atom is 0.296 e. The highest BCUT2D eigenvalue weighted by Crippen LogP contribution is 2.33. The fourth-order valence-electron chi connectivity index (χ4n) is 3.31. The van der Waals surface area contributed by atoms with E-state index in [0.717, 1.165) is 0 Å². The highest BCUT2D eigenvalue weighted by molar-refractivity contribution is 7.98. The molecule has 154 valence electrons. The van der Waals surface area contributed by atoms with Gasteiger partial charge in [-0.15, -0.1) is 0 Å².